The molecule has 0 aromatic heterocycles. The number of ether oxygens (including phenoxy) is 2. The smallest absolute Gasteiger partial charge is 0.242 e. The molecule has 0 fully saturated rings. The number of anilines is 1. The molecule has 0 saturated carbocycles. The van der Waals surface area contributed by atoms with Gasteiger partial charge in [-0.1, -0.05) is 35.0 Å². The van der Waals surface area contributed by atoms with Gasteiger partial charge in [-0.15, -0.1) is 0 Å². The number of amides is 2. The Morgan fingerprint density at radius 2 is 1.89 bits per heavy atom. The van der Waals surface area contributed by atoms with E-state index in [1.54, 1.807) is 25.1 Å². The van der Waals surface area contributed by atoms with Crippen LogP contribution in [0.15, 0.2) is 46.9 Å². The van der Waals surface area contributed by atoms with Crippen LogP contribution in [0.4, 0.5) is 5.69 Å². The molecular formula is C25H32BrN3O6S. The van der Waals surface area contributed by atoms with Crippen LogP contribution in [0.1, 0.15) is 38.7 Å². The van der Waals surface area contributed by atoms with E-state index in [1.165, 1.54) is 9.21 Å². The molecule has 36 heavy (non-hydrogen) atoms. The molecule has 1 atom stereocenters. The molecule has 0 bridgehead atoms. The number of carbonyl (C=O) groups excluding carboxylic acids is 2. The van der Waals surface area contributed by atoms with Gasteiger partial charge in [-0.2, -0.15) is 0 Å². The second-order valence-electron chi connectivity index (χ2n) is 8.59. The van der Waals surface area contributed by atoms with Crippen LogP contribution in [0.3, 0.4) is 0 Å². The molecule has 0 aliphatic carbocycles. The molecule has 0 radical (unpaired) electrons. The molecule has 11 heteroatoms. The van der Waals surface area contributed by atoms with Gasteiger partial charge in [-0.05, 0) is 49.6 Å². The SMILES string of the molecule is CCCNC(=O)[C@H](C)N(Cc1cccc(Br)c1)C(=O)CCCN(c1ccc2c(c1)OCO2)S(C)(=O)=O. The maximum atomic E-state index is 13.3. The predicted octanol–water partition coefficient (Wildman–Crippen LogP) is 3.67. The number of hydrogen-bond donors (Lipinski definition) is 1. The van der Waals surface area contributed by atoms with E-state index in [4.69, 9.17) is 9.47 Å². The lowest BCUT2D eigenvalue weighted by Crippen LogP contribution is -2.47. The number of fused-ring (bicyclic) bond motifs is 1. The highest BCUT2D eigenvalue weighted by Gasteiger charge is 2.27. The molecule has 1 heterocycles. The molecule has 196 valence electrons. The number of halogens is 1. The van der Waals surface area contributed by atoms with E-state index in [-0.39, 0.29) is 44.5 Å². The predicted molar refractivity (Wildman–Crippen MR) is 141 cm³/mol. The molecule has 0 unspecified atom stereocenters. The molecular weight excluding hydrogens is 550 g/mol. The van der Waals surface area contributed by atoms with Crippen molar-refractivity contribution in [3.05, 3.63) is 52.5 Å². The third-order valence-electron chi connectivity index (χ3n) is 5.75. The van der Waals surface area contributed by atoms with E-state index in [0.717, 1.165) is 22.7 Å². The Hall–Kier alpha value is -2.79. The summed E-state index contributed by atoms with van der Waals surface area (Å²) < 4.78 is 37.8. The van der Waals surface area contributed by atoms with Gasteiger partial charge in [0.15, 0.2) is 11.5 Å². The zero-order valence-corrected chi connectivity index (χ0v) is 23.1. The van der Waals surface area contributed by atoms with Gasteiger partial charge in [0.2, 0.25) is 28.6 Å². The van der Waals surface area contributed by atoms with Crippen molar-refractivity contribution < 1.29 is 27.5 Å². The zero-order valence-electron chi connectivity index (χ0n) is 20.7. The highest BCUT2D eigenvalue weighted by atomic mass is 79.9. The topological polar surface area (TPSA) is 105 Å². The van der Waals surface area contributed by atoms with Crippen LogP contribution in [0, 0.1) is 0 Å². The number of benzene rings is 2. The molecule has 3 rings (SSSR count). The summed E-state index contributed by atoms with van der Waals surface area (Å²) in [5.74, 6) is 0.580. The number of carbonyl (C=O) groups is 2. The van der Waals surface area contributed by atoms with Crippen LogP contribution in [-0.2, 0) is 26.2 Å². The number of nitrogens with one attached hydrogen (secondary N) is 1. The number of rotatable bonds is 12. The van der Waals surface area contributed by atoms with Crippen LogP contribution >= 0.6 is 15.9 Å². The van der Waals surface area contributed by atoms with Crippen LogP contribution in [0.25, 0.3) is 0 Å². The van der Waals surface area contributed by atoms with Gasteiger partial charge in [0.05, 0.1) is 11.9 Å². The zero-order chi connectivity index (χ0) is 26.3. The standard InChI is InChI=1S/C25H32BrN3O6S/c1-4-12-27-25(31)18(2)28(16-19-7-5-8-20(26)14-19)24(30)9-6-13-29(36(3,32)33)21-10-11-22-23(15-21)35-17-34-22/h5,7-8,10-11,14-15,18H,4,6,9,12-13,16-17H2,1-3H3,(H,27,31)/t18-/m0/s1. The summed E-state index contributed by atoms with van der Waals surface area (Å²) in [4.78, 5) is 27.5. The second-order valence-corrected chi connectivity index (χ2v) is 11.4. The van der Waals surface area contributed by atoms with E-state index in [2.05, 4.69) is 21.2 Å². The number of hydrogen-bond acceptors (Lipinski definition) is 6. The van der Waals surface area contributed by atoms with Crippen LogP contribution < -0.4 is 19.1 Å². The minimum Gasteiger partial charge on any atom is -0.454 e. The Morgan fingerprint density at radius 3 is 2.58 bits per heavy atom. The Labute approximate surface area is 220 Å². The van der Waals surface area contributed by atoms with Gasteiger partial charge in [-0.25, -0.2) is 8.42 Å². The summed E-state index contributed by atoms with van der Waals surface area (Å²) in [6.07, 6.45) is 2.27. The first-order chi connectivity index (χ1) is 17.1. The maximum absolute atomic E-state index is 13.3. The normalized spacial score (nSPS) is 13.2. The van der Waals surface area contributed by atoms with Gasteiger partial charge in [0.25, 0.3) is 0 Å². The summed E-state index contributed by atoms with van der Waals surface area (Å²) in [7, 11) is -3.60. The fourth-order valence-corrected chi connectivity index (χ4v) is 5.26. The van der Waals surface area contributed by atoms with E-state index in [9.17, 15) is 18.0 Å². The number of nitrogens with zero attached hydrogens (tertiary/aromatic N) is 2. The third-order valence-corrected chi connectivity index (χ3v) is 7.44. The van der Waals surface area contributed by atoms with Crippen molar-refractivity contribution in [1.82, 2.24) is 10.2 Å². The van der Waals surface area contributed by atoms with Crippen molar-refractivity contribution in [2.24, 2.45) is 0 Å². The first-order valence-electron chi connectivity index (χ1n) is 11.8. The van der Waals surface area contributed by atoms with Crippen molar-refractivity contribution in [3.8, 4) is 11.5 Å². The average Bonchev–Trinajstić information content (AvgIpc) is 3.30. The largest absolute Gasteiger partial charge is 0.454 e. The molecule has 1 aliphatic heterocycles. The van der Waals surface area contributed by atoms with Crippen molar-refractivity contribution in [2.45, 2.75) is 45.7 Å². The fraction of sp³-hybridized carbons (Fsp3) is 0.440. The molecule has 1 N–H and O–H groups in total. The first-order valence-corrected chi connectivity index (χ1v) is 14.4. The fourth-order valence-electron chi connectivity index (χ4n) is 3.85. The quantitative estimate of drug-likeness (QED) is 0.410. The Bertz CT molecular complexity index is 1190. The summed E-state index contributed by atoms with van der Waals surface area (Å²) in [5.41, 5.74) is 1.32. The van der Waals surface area contributed by atoms with Gasteiger partial charge < -0.3 is 19.7 Å². The molecule has 2 amide bonds. The molecule has 9 nitrogen and oxygen atoms in total. The third kappa shape index (κ3) is 7.36. The van der Waals surface area contributed by atoms with E-state index >= 15 is 0 Å². The minimum absolute atomic E-state index is 0.0793. The van der Waals surface area contributed by atoms with Crippen LogP contribution in [0.2, 0.25) is 0 Å². The van der Waals surface area contributed by atoms with Crippen molar-refractivity contribution in [3.63, 3.8) is 0 Å². The highest BCUT2D eigenvalue weighted by molar-refractivity contribution is 9.10. The van der Waals surface area contributed by atoms with Crippen molar-refractivity contribution >= 4 is 43.5 Å². The monoisotopic (exact) mass is 581 g/mol. The molecule has 2 aromatic carbocycles. The van der Waals surface area contributed by atoms with E-state index in [1.807, 2.05) is 31.2 Å². The highest BCUT2D eigenvalue weighted by Crippen LogP contribution is 2.36. The van der Waals surface area contributed by atoms with Crippen molar-refractivity contribution in [2.75, 3.05) is 30.4 Å². The summed E-state index contributed by atoms with van der Waals surface area (Å²) in [6.45, 7) is 4.65. The van der Waals surface area contributed by atoms with E-state index < -0.39 is 16.1 Å². The summed E-state index contributed by atoms with van der Waals surface area (Å²) in [6, 6.07) is 11.8. The van der Waals surface area contributed by atoms with E-state index in [0.29, 0.717) is 23.7 Å². The van der Waals surface area contributed by atoms with Gasteiger partial charge >= 0.3 is 0 Å². The van der Waals surface area contributed by atoms with Gasteiger partial charge in [0.1, 0.15) is 6.04 Å². The summed E-state index contributed by atoms with van der Waals surface area (Å²) >= 11 is 3.44. The molecule has 1 aliphatic rings. The molecule has 0 spiro atoms. The Balaban J connectivity index is 1.72. The summed E-state index contributed by atoms with van der Waals surface area (Å²) in [5, 5.41) is 2.85. The molecule has 0 saturated heterocycles. The van der Waals surface area contributed by atoms with Crippen molar-refractivity contribution in [1.29, 1.82) is 0 Å². The molecule has 2 aromatic rings. The Morgan fingerprint density at radius 1 is 1.14 bits per heavy atom. The lowest BCUT2D eigenvalue weighted by atomic mass is 10.1. The van der Waals surface area contributed by atoms with Crippen LogP contribution in [0.5, 0.6) is 11.5 Å². The van der Waals surface area contributed by atoms with Gasteiger partial charge in [-0.3, -0.25) is 13.9 Å². The minimum atomic E-state index is -3.60. The number of sulfonamides is 1. The lowest BCUT2D eigenvalue weighted by molar-refractivity contribution is -0.140. The maximum Gasteiger partial charge on any atom is 0.242 e. The first kappa shape index (κ1) is 27.8. The second kappa shape index (κ2) is 12.4. The average molecular weight is 583 g/mol. The Kier molecular flexibility index (Phi) is 9.61. The van der Waals surface area contributed by atoms with Gasteiger partial charge in [0, 0.05) is 36.6 Å². The van der Waals surface area contributed by atoms with Crippen LogP contribution in [-0.4, -0.2) is 57.3 Å². The lowest BCUT2D eigenvalue weighted by Gasteiger charge is -2.29.